The number of alkyl halides is 2. The van der Waals surface area contributed by atoms with Crippen molar-refractivity contribution in [3.05, 3.63) is 88.6 Å². The zero-order chi connectivity index (χ0) is 28.8. The molecule has 6 atom stereocenters. The minimum Gasteiger partial charge on any atom is -0.481 e. The number of fused-ring (bicyclic) bond motifs is 3. The Labute approximate surface area is 235 Å². The number of aliphatic hydroxyl groups excluding tert-OH is 1. The molecule has 0 bridgehead atoms. The standard InChI is InChI=1S/C31H26F2N4O4/c1-40-27-25-23(13-21(15-35)36-27)41-31(20-9-7-18(14-34)8-10-20)24(19-5-3-2-4-6-19)22(26(38)30(25,31)39)16-37-12-11-28(37)17-29(28,32)33/h2-10,13,22,24,26,38-39H,11-12,16-17H2,1H3/t22-,24-,26-,28?,30+,31+/m1/s1. The predicted octanol–water partition coefficient (Wildman–Crippen LogP) is 3.57. The number of benzene rings is 2. The second-order valence-electron chi connectivity index (χ2n) is 11.4. The largest absolute Gasteiger partial charge is 0.481 e. The molecule has 3 heterocycles. The van der Waals surface area contributed by atoms with Crippen LogP contribution in [0.1, 0.15) is 46.7 Å². The molecule has 3 fully saturated rings. The van der Waals surface area contributed by atoms with Gasteiger partial charge in [0.25, 0.3) is 5.92 Å². The first-order valence-electron chi connectivity index (χ1n) is 13.4. The summed E-state index contributed by atoms with van der Waals surface area (Å²) in [6.07, 6.45) is -1.35. The van der Waals surface area contributed by atoms with Crippen molar-refractivity contribution in [1.82, 2.24) is 9.88 Å². The number of hydrogen-bond acceptors (Lipinski definition) is 8. The molecule has 4 aliphatic rings. The van der Waals surface area contributed by atoms with E-state index in [1.165, 1.54) is 13.2 Å². The molecule has 1 spiro atoms. The molecule has 3 aromatic rings. The third-order valence-electron chi connectivity index (χ3n) is 9.68. The highest BCUT2D eigenvalue weighted by molar-refractivity contribution is 5.60. The van der Waals surface area contributed by atoms with E-state index in [2.05, 4.69) is 11.1 Å². The fraction of sp³-hybridized carbons (Fsp3) is 0.387. The van der Waals surface area contributed by atoms with Gasteiger partial charge in [0.05, 0.1) is 35.9 Å². The van der Waals surface area contributed by atoms with Crippen LogP contribution in [0, 0.1) is 28.6 Å². The Bertz CT molecular complexity index is 1640. The molecule has 2 aliphatic carbocycles. The van der Waals surface area contributed by atoms with Gasteiger partial charge in [-0.1, -0.05) is 42.5 Å². The molecule has 8 nitrogen and oxygen atoms in total. The smallest absolute Gasteiger partial charge is 0.268 e. The summed E-state index contributed by atoms with van der Waals surface area (Å²) in [7, 11) is 1.35. The van der Waals surface area contributed by atoms with Crippen LogP contribution >= 0.6 is 0 Å². The average Bonchev–Trinajstić information content (AvgIpc) is 3.44. The van der Waals surface area contributed by atoms with Crippen LogP contribution in [0.5, 0.6) is 11.6 Å². The van der Waals surface area contributed by atoms with Gasteiger partial charge in [-0.15, -0.1) is 0 Å². The van der Waals surface area contributed by atoms with Crippen LogP contribution < -0.4 is 9.47 Å². The number of aliphatic hydroxyl groups is 2. The molecule has 2 saturated carbocycles. The normalized spacial score (nSPS) is 34.1. The van der Waals surface area contributed by atoms with Crippen LogP contribution in [0.15, 0.2) is 60.7 Å². The van der Waals surface area contributed by atoms with E-state index in [-0.39, 0.29) is 35.9 Å². The lowest BCUT2D eigenvalue weighted by Crippen LogP contribution is -2.56. The zero-order valence-corrected chi connectivity index (χ0v) is 22.1. The van der Waals surface area contributed by atoms with Crippen LogP contribution in [0.4, 0.5) is 8.78 Å². The summed E-state index contributed by atoms with van der Waals surface area (Å²) in [5.41, 5.74) is -3.36. The first-order chi connectivity index (χ1) is 19.7. The van der Waals surface area contributed by atoms with Gasteiger partial charge in [0.2, 0.25) is 5.88 Å². The zero-order valence-electron chi connectivity index (χ0n) is 22.1. The fourth-order valence-corrected chi connectivity index (χ4v) is 7.63. The molecular weight excluding hydrogens is 530 g/mol. The summed E-state index contributed by atoms with van der Waals surface area (Å²) >= 11 is 0. The Balaban J connectivity index is 1.48. The van der Waals surface area contributed by atoms with Gasteiger partial charge in [0.15, 0.2) is 11.2 Å². The summed E-state index contributed by atoms with van der Waals surface area (Å²) in [6, 6.07) is 21.3. The van der Waals surface area contributed by atoms with Crippen molar-refractivity contribution in [3.8, 4) is 23.8 Å². The maximum atomic E-state index is 14.5. The van der Waals surface area contributed by atoms with E-state index in [1.54, 1.807) is 29.2 Å². The highest BCUT2D eigenvalue weighted by Gasteiger charge is 2.80. The van der Waals surface area contributed by atoms with E-state index in [0.29, 0.717) is 24.1 Å². The van der Waals surface area contributed by atoms with Gasteiger partial charge < -0.3 is 19.7 Å². The molecule has 2 N–H and O–H groups in total. The number of likely N-dealkylation sites (tertiary alicyclic amines) is 1. The monoisotopic (exact) mass is 556 g/mol. The SMILES string of the molecule is COc1nc(C#N)cc2c1[C@]1(O)[C@H](O)[C@H](CN3CCC34CC4(F)F)[C@@H](c3ccccc3)[C@]1(c1ccc(C#N)cc1)O2. The van der Waals surface area contributed by atoms with E-state index in [9.17, 15) is 29.5 Å². The topological polar surface area (TPSA) is 123 Å². The van der Waals surface area contributed by atoms with Gasteiger partial charge in [0, 0.05) is 37.4 Å². The van der Waals surface area contributed by atoms with Gasteiger partial charge in [0.1, 0.15) is 17.5 Å². The van der Waals surface area contributed by atoms with Gasteiger partial charge >= 0.3 is 0 Å². The summed E-state index contributed by atoms with van der Waals surface area (Å²) in [6.45, 7) is 0.553. The Hall–Kier alpha value is -4.09. The Morgan fingerprint density at radius 1 is 1.12 bits per heavy atom. The minimum absolute atomic E-state index is 0.0000569. The molecular formula is C31H26F2N4O4. The second kappa shape index (κ2) is 8.46. The predicted molar refractivity (Wildman–Crippen MR) is 140 cm³/mol. The second-order valence-corrected chi connectivity index (χ2v) is 11.4. The van der Waals surface area contributed by atoms with Crippen molar-refractivity contribution in [3.63, 3.8) is 0 Å². The van der Waals surface area contributed by atoms with Crippen molar-refractivity contribution >= 4 is 0 Å². The number of hydrogen-bond donors (Lipinski definition) is 2. The molecule has 10 heteroatoms. The van der Waals surface area contributed by atoms with E-state index < -0.39 is 40.6 Å². The van der Waals surface area contributed by atoms with E-state index in [1.807, 2.05) is 36.4 Å². The number of ether oxygens (including phenoxy) is 2. The molecule has 0 amide bonds. The maximum Gasteiger partial charge on any atom is 0.268 e. The number of nitrogens with zero attached hydrogens (tertiary/aromatic N) is 4. The molecule has 2 aliphatic heterocycles. The number of aromatic nitrogens is 1. The molecule has 1 unspecified atom stereocenters. The van der Waals surface area contributed by atoms with Gasteiger partial charge in [-0.3, -0.25) is 4.90 Å². The lowest BCUT2D eigenvalue weighted by atomic mass is 9.70. The quantitative estimate of drug-likeness (QED) is 0.489. The van der Waals surface area contributed by atoms with E-state index in [0.717, 1.165) is 5.56 Å². The van der Waals surface area contributed by atoms with Crippen molar-refractivity contribution in [1.29, 1.82) is 10.5 Å². The number of methoxy groups -OCH3 is 1. The van der Waals surface area contributed by atoms with Crippen molar-refractivity contribution in [2.45, 2.75) is 47.5 Å². The number of rotatable bonds is 5. The Morgan fingerprint density at radius 2 is 1.83 bits per heavy atom. The summed E-state index contributed by atoms with van der Waals surface area (Å²) in [4.78, 5) is 5.97. The van der Waals surface area contributed by atoms with E-state index in [4.69, 9.17) is 9.47 Å². The lowest BCUT2D eigenvalue weighted by molar-refractivity contribution is -0.153. The van der Waals surface area contributed by atoms with Crippen molar-refractivity contribution < 1.29 is 28.5 Å². The van der Waals surface area contributed by atoms with Crippen LogP contribution in [-0.4, -0.2) is 57.9 Å². The van der Waals surface area contributed by atoms with E-state index >= 15 is 0 Å². The van der Waals surface area contributed by atoms with Crippen LogP contribution in [0.25, 0.3) is 0 Å². The van der Waals surface area contributed by atoms with Gasteiger partial charge in [-0.2, -0.15) is 10.5 Å². The van der Waals surface area contributed by atoms with Crippen molar-refractivity contribution in [2.24, 2.45) is 5.92 Å². The number of halogens is 2. The highest BCUT2D eigenvalue weighted by atomic mass is 19.3. The van der Waals surface area contributed by atoms with Gasteiger partial charge in [-0.25, -0.2) is 13.8 Å². The third-order valence-corrected chi connectivity index (χ3v) is 9.68. The average molecular weight is 557 g/mol. The van der Waals surface area contributed by atoms with Crippen molar-refractivity contribution in [2.75, 3.05) is 20.2 Å². The molecule has 41 heavy (non-hydrogen) atoms. The summed E-state index contributed by atoms with van der Waals surface area (Å²) < 4.78 is 41.3. The molecule has 0 radical (unpaired) electrons. The Morgan fingerprint density at radius 3 is 2.39 bits per heavy atom. The number of nitriles is 2. The van der Waals surface area contributed by atoms with Crippen LogP contribution in [-0.2, 0) is 11.2 Å². The first kappa shape index (κ1) is 25.8. The Kier molecular flexibility index (Phi) is 5.34. The first-order valence-corrected chi connectivity index (χ1v) is 13.4. The molecule has 1 aromatic heterocycles. The summed E-state index contributed by atoms with van der Waals surface area (Å²) in [5.74, 6) is -4.21. The molecule has 7 rings (SSSR count). The lowest BCUT2D eigenvalue weighted by Gasteiger charge is -2.45. The fourth-order valence-electron chi connectivity index (χ4n) is 7.63. The summed E-state index contributed by atoms with van der Waals surface area (Å²) in [5, 5.41) is 44.2. The van der Waals surface area contributed by atoms with Crippen LogP contribution in [0.2, 0.25) is 0 Å². The number of pyridine rings is 1. The van der Waals surface area contributed by atoms with Crippen LogP contribution in [0.3, 0.4) is 0 Å². The molecule has 1 saturated heterocycles. The molecule has 2 aromatic carbocycles. The van der Waals surface area contributed by atoms with Gasteiger partial charge in [-0.05, 0) is 29.7 Å². The third kappa shape index (κ3) is 3.13. The maximum absolute atomic E-state index is 14.5. The minimum atomic E-state index is -2.79. The molecule has 208 valence electrons. The highest BCUT2D eigenvalue weighted by Crippen LogP contribution is 2.71.